The molecule has 0 unspecified atom stereocenters. The van der Waals surface area contributed by atoms with Gasteiger partial charge in [-0.05, 0) is 36.2 Å². The van der Waals surface area contributed by atoms with E-state index in [-0.39, 0.29) is 30.1 Å². The molecule has 0 saturated heterocycles. The average Bonchev–Trinajstić information content (AvgIpc) is 2.61. The summed E-state index contributed by atoms with van der Waals surface area (Å²) in [5, 5.41) is 2.76. The highest BCUT2D eigenvalue weighted by Crippen LogP contribution is 2.29. The van der Waals surface area contributed by atoms with Gasteiger partial charge in [-0.3, -0.25) is 4.79 Å². The van der Waals surface area contributed by atoms with Crippen LogP contribution in [0.2, 0.25) is 0 Å². The summed E-state index contributed by atoms with van der Waals surface area (Å²) in [4.78, 5) is 12.3. The first-order chi connectivity index (χ1) is 12.1. The number of hydrogen-bond donors (Lipinski definition) is 1. The van der Waals surface area contributed by atoms with Gasteiger partial charge in [-0.15, -0.1) is 11.8 Å². The van der Waals surface area contributed by atoms with Gasteiger partial charge in [0.15, 0.2) is 6.79 Å². The predicted octanol–water partition coefficient (Wildman–Crippen LogP) is 3.28. The second kappa shape index (κ2) is 8.31. The van der Waals surface area contributed by atoms with Crippen molar-refractivity contribution in [3.63, 3.8) is 0 Å². The minimum absolute atomic E-state index is 0.118. The molecule has 3 rings (SSSR count). The third-order valence-electron chi connectivity index (χ3n) is 3.66. The maximum absolute atomic E-state index is 13.6. The van der Waals surface area contributed by atoms with Crippen LogP contribution in [0.1, 0.15) is 11.1 Å². The number of amides is 1. The minimum atomic E-state index is -0.357. The largest absolute Gasteiger partial charge is 0.467 e. The number of rotatable bonds is 6. The molecular weight excluding hydrogens is 348 g/mol. The Kier molecular flexibility index (Phi) is 5.88. The van der Waals surface area contributed by atoms with Crippen molar-refractivity contribution in [1.82, 2.24) is 5.32 Å². The summed E-state index contributed by atoms with van der Waals surface area (Å²) in [6.45, 7) is 0.791. The Labute approximate surface area is 148 Å². The Bertz CT molecular complexity index is 770. The van der Waals surface area contributed by atoms with E-state index in [2.05, 4.69) is 5.32 Å². The SMILES string of the molecule is O=C(CSc1ccccc1F)NCCc1cc(F)cc2c1OCOC2. The van der Waals surface area contributed by atoms with Crippen LogP contribution in [0.25, 0.3) is 0 Å². The summed E-state index contributed by atoms with van der Waals surface area (Å²) in [5.74, 6) is -0.159. The van der Waals surface area contributed by atoms with E-state index in [1.807, 2.05) is 0 Å². The molecule has 0 spiro atoms. The number of carbonyl (C=O) groups excluding carboxylic acids is 1. The molecule has 7 heteroatoms. The van der Waals surface area contributed by atoms with E-state index >= 15 is 0 Å². The number of nitrogens with one attached hydrogen (secondary N) is 1. The van der Waals surface area contributed by atoms with E-state index in [0.29, 0.717) is 41.3 Å². The van der Waals surface area contributed by atoms with E-state index in [4.69, 9.17) is 9.47 Å². The van der Waals surface area contributed by atoms with Crippen LogP contribution < -0.4 is 10.1 Å². The molecule has 0 bridgehead atoms. The van der Waals surface area contributed by atoms with Crippen molar-refractivity contribution in [2.45, 2.75) is 17.9 Å². The Balaban J connectivity index is 1.50. The topological polar surface area (TPSA) is 47.6 Å². The molecule has 1 aliphatic heterocycles. The van der Waals surface area contributed by atoms with Gasteiger partial charge in [0.05, 0.1) is 12.4 Å². The summed E-state index contributed by atoms with van der Waals surface area (Å²) in [5.41, 5.74) is 1.36. The lowest BCUT2D eigenvalue weighted by Gasteiger charge is -2.21. The molecule has 2 aromatic carbocycles. The van der Waals surface area contributed by atoms with Gasteiger partial charge in [0.25, 0.3) is 0 Å². The fraction of sp³-hybridized carbons (Fsp3) is 0.278. The predicted molar refractivity (Wildman–Crippen MR) is 90.5 cm³/mol. The normalized spacial score (nSPS) is 13.0. The number of fused-ring (bicyclic) bond motifs is 1. The molecule has 0 atom stereocenters. The zero-order chi connectivity index (χ0) is 17.6. The van der Waals surface area contributed by atoms with Gasteiger partial charge in [0, 0.05) is 17.0 Å². The van der Waals surface area contributed by atoms with E-state index < -0.39 is 0 Å². The van der Waals surface area contributed by atoms with E-state index in [9.17, 15) is 13.6 Å². The summed E-state index contributed by atoms with van der Waals surface area (Å²) in [6.07, 6.45) is 0.441. The van der Waals surface area contributed by atoms with Crippen molar-refractivity contribution in [2.75, 3.05) is 19.1 Å². The Hall–Kier alpha value is -2.12. The smallest absolute Gasteiger partial charge is 0.230 e. The molecular formula is C18H17F2NO3S. The van der Waals surface area contributed by atoms with Gasteiger partial charge in [0.2, 0.25) is 5.91 Å². The highest BCUT2D eigenvalue weighted by molar-refractivity contribution is 8.00. The first kappa shape index (κ1) is 17.7. The quantitative estimate of drug-likeness (QED) is 0.798. The lowest BCUT2D eigenvalue weighted by atomic mass is 10.1. The molecule has 1 amide bonds. The fourth-order valence-corrected chi connectivity index (χ4v) is 3.30. The van der Waals surface area contributed by atoms with Gasteiger partial charge in [-0.25, -0.2) is 8.78 Å². The first-order valence-corrected chi connectivity index (χ1v) is 8.78. The number of carbonyl (C=O) groups is 1. The summed E-state index contributed by atoms with van der Waals surface area (Å²) in [6, 6.07) is 9.11. The zero-order valence-corrected chi connectivity index (χ0v) is 14.2. The highest BCUT2D eigenvalue weighted by Gasteiger charge is 2.17. The van der Waals surface area contributed by atoms with E-state index in [0.717, 1.165) is 11.8 Å². The lowest BCUT2D eigenvalue weighted by molar-refractivity contribution is -0.118. The van der Waals surface area contributed by atoms with Gasteiger partial charge in [0.1, 0.15) is 17.4 Å². The standard InChI is InChI=1S/C18H17F2NO3S/c19-14-7-12(18-13(8-14)9-23-11-24-18)5-6-21-17(22)10-25-16-4-2-1-3-15(16)20/h1-4,7-8H,5-6,9-11H2,(H,21,22). The Morgan fingerprint density at radius 1 is 1.24 bits per heavy atom. The van der Waals surface area contributed by atoms with Crippen LogP contribution in [0, 0.1) is 11.6 Å². The molecule has 1 aliphatic rings. The molecule has 0 aliphatic carbocycles. The van der Waals surface area contributed by atoms with Crippen molar-refractivity contribution in [2.24, 2.45) is 0 Å². The second-order valence-electron chi connectivity index (χ2n) is 5.48. The summed E-state index contributed by atoms with van der Waals surface area (Å²) < 4.78 is 37.7. The number of halogens is 2. The zero-order valence-electron chi connectivity index (χ0n) is 13.4. The molecule has 1 heterocycles. The third kappa shape index (κ3) is 4.70. The third-order valence-corrected chi connectivity index (χ3v) is 4.71. The van der Waals surface area contributed by atoms with Crippen LogP contribution in [0.3, 0.4) is 0 Å². The van der Waals surface area contributed by atoms with Crippen molar-refractivity contribution < 1.29 is 23.0 Å². The number of ether oxygens (including phenoxy) is 2. The molecule has 1 N–H and O–H groups in total. The highest BCUT2D eigenvalue weighted by atomic mass is 32.2. The molecule has 2 aromatic rings. The van der Waals surface area contributed by atoms with Crippen LogP contribution in [0.5, 0.6) is 5.75 Å². The van der Waals surface area contributed by atoms with E-state index in [1.54, 1.807) is 18.2 Å². The Morgan fingerprint density at radius 3 is 2.92 bits per heavy atom. The monoisotopic (exact) mass is 365 g/mol. The molecule has 132 valence electrons. The molecule has 4 nitrogen and oxygen atoms in total. The van der Waals surface area contributed by atoms with Crippen LogP contribution in [0.15, 0.2) is 41.3 Å². The average molecular weight is 365 g/mol. The van der Waals surface area contributed by atoms with Crippen molar-refractivity contribution in [1.29, 1.82) is 0 Å². The lowest BCUT2D eigenvalue weighted by Crippen LogP contribution is -2.27. The van der Waals surface area contributed by atoms with E-state index in [1.165, 1.54) is 18.2 Å². The number of thioether (sulfide) groups is 1. The molecule has 0 saturated carbocycles. The van der Waals surface area contributed by atoms with Gasteiger partial charge >= 0.3 is 0 Å². The maximum Gasteiger partial charge on any atom is 0.230 e. The van der Waals surface area contributed by atoms with Crippen molar-refractivity contribution >= 4 is 17.7 Å². The molecule has 0 radical (unpaired) electrons. The molecule has 25 heavy (non-hydrogen) atoms. The summed E-state index contributed by atoms with van der Waals surface area (Å²) >= 11 is 1.14. The van der Waals surface area contributed by atoms with Crippen LogP contribution >= 0.6 is 11.8 Å². The minimum Gasteiger partial charge on any atom is -0.467 e. The van der Waals surface area contributed by atoms with Crippen LogP contribution in [-0.2, 0) is 22.6 Å². The Morgan fingerprint density at radius 2 is 2.08 bits per heavy atom. The first-order valence-electron chi connectivity index (χ1n) is 7.79. The number of hydrogen-bond acceptors (Lipinski definition) is 4. The maximum atomic E-state index is 13.6. The van der Waals surface area contributed by atoms with Gasteiger partial charge in [-0.2, -0.15) is 0 Å². The summed E-state index contributed by atoms with van der Waals surface area (Å²) in [7, 11) is 0. The molecule has 0 fully saturated rings. The molecule has 0 aromatic heterocycles. The van der Waals surface area contributed by atoms with Crippen molar-refractivity contribution in [3.8, 4) is 5.75 Å². The van der Waals surface area contributed by atoms with Gasteiger partial charge in [-0.1, -0.05) is 12.1 Å². The van der Waals surface area contributed by atoms with Gasteiger partial charge < -0.3 is 14.8 Å². The van der Waals surface area contributed by atoms with Crippen molar-refractivity contribution in [3.05, 3.63) is 59.2 Å². The van der Waals surface area contributed by atoms with Crippen LogP contribution in [0.4, 0.5) is 8.78 Å². The van der Waals surface area contributed by atoms with Crippen LogP contribution in [-0.4, -0.2) is 25.0 Å². The fourth-order valence-electron chi connectivity index (χ4n) is 2.54. The number of benzene rings is 2. The second-order valence-corrected chi connectivity index (χ2v) is 6.50.